The number of ether oxygens (including phenoxy) is 2. The van der Waals surface area contributed by atoms with Crippen molar-refractivity contribution in [2.75, 3.05) is 7.11 Å². The van der Waals surface area contributed by atoms with Crippen LogP contribution < -0.4 is 9.47 Å². The first-order chi connectivity index (χ1) is 9.22. The van der Waals surface area contributed by atoms with Crippen molar-refractivity contribution in [2.24, 2.45) is 0 Å². The Hall–Kier alpha value is -1.55. The maximum atomic E-state index is 5.82. The van der Waals surface area contributed by atoms with Crippen molar-refractivity contribution in [1.29, 1.82) is 0 Å². The first-order valence-electron chi connectivity index (χ1n) is 6.01. The molecule has 100 valence electrons. The zero-order valence-corrected chi connectivity index (χ0v) is 12.6. The Bertz CT molecular complexity index is 558. The van der Waals surface area contributed by atoms with Gasteiger partial charge in [-0.25, -0.2) is 0 Å². The summed E-state index contributed by atoms with van der Waals surface area (Å²) in [5, 5.41) is 0.723. The van der Waals surface area contributed by atoms with E-state index < -0.39 is 0 Å². The molecule has 4 heteroatoms. The van der Waals surface area contributed by atoms with E-state index in [0.717, 1.165) is 33.8 Å². The molecule has 0 fully saturated rings. The molecule has 2 aromatic rings. The van der Waals surface area contributed by atoms with Gasteiger partial charge in [0.25, 0.3) is 0 Å². The molecular weight excluding hydrogens is 306 g/mol. The van der Waals surface area contributed by atoms with E-state index in [1.165, 1.54) is 0 Å². The fraction of sp³-hybridized carbons (Fsp3) is 0.267. The van der Waals surface area contributed by atoms with E-state index in [2.05, 4.69) is 20.9 Å². The Labute approximate surface area is 121 Å². The third-order valence-electron chi connectivity index (χ3n) is 2.73. The Morgan fingerprint density at radius 2 is 2.05 bits per heavy atom. The molecule has 0 amide bonds. The van der Waals surface area contributed by atoms with Crippen LogP contribution in [0.4, 0.5) is 0 Å². The molecule has 2 rings (SSSR count). The van der Waals surface area contributed by atoms with Gasteiger partial charge in [-0.15, -0.1) is 0 Å². The maximum Gasteiger partial charge on any atom is 0.130 e. The predicted molar refractivity (Wildman–Crippen MR) is 78.9 cm³/mol. The van der Waals surface area contributed by atoms with Crippen molar-refractivity contribution in [1.82, 2.24) is 4.98 Å². The summed E-state index contributed by atoms with van der Waals surface area (Å²) in [6, 6.07) is 11.7. The Morgan fingerprint density at radius 3 is 2.74 bits per heavy atom. The van der Waals surface area contributed by atoms with Gasteiger partial charge in [-0.05, 0) is 37.3 Å². The van der Waals surface area contributed by atoms with Crippen LogP contribution >= 0.6 is 15.9 Å². The van der Waals surface area contributed by atoms with Crippen LogP contribution in [0.5, 0.6) is 11.5 Å². The van der Waals surface area contributed by atoms with Crippen LogP contribution in [-0.2, 0) is 11.9 Å². The first-order valence-corrected chi connectivity index (χ1v) is 7.13. The normalized spacial score (nSPS) is 10.3. The molecule has 1 aromatic heterocycles. The lowest BCUT2D eigenvalue weighted by molar-refractivity contribution is 0.298. The number of rotatable bonds is 5. The third-order valence-corrected chi connectivity index (χ3v) is 3.34. The van der Waals surface area contributed by atoms with E-state index in [0.29, 0.717) is 6.61 Å². The Kier molecular flexibility index (Phi) is 4.80. The molecule has 1 heterocycles. The molecule has 0 bridgehead atoms. The highest BCUT2D eigenvalue weighted by Gasteiger charge is 2.05. The van der Waals surface area contributed by atoms with Gasteiger partial charge in [0.15, 0.2) is 0 Å². The third kappa shape index (κ3) is 3.70. The number of halogens is 1. The molecule has 0 spiro atoms. The van der Waals surface area contributed by atoms with Gasteiger partial charge < -0.3 is 9.47 Å². The summed E-state index contributed by atoms with van der Waals surface area (Å²) in [5.41, 5.74) is 2.99. The number of aryl methyl sites for hydroxylation is 1. The molecule has 0 aliphatic heterocycles. The summed E-state index contributed by atoms with van der Waals surface area (Å²) in [6.45, 7) is 2.44. The van der Waals surface area contributed by atoms with Crippen LogP contribution in [0.25, 0.3) is 0 Å². The summed E-state index contributed by atoms with van der Waals surface area (Å²) in [7, 11) is 1.66. The summed E-state index contributed by atoms with van der Waals surface area (Å²) in [5.74, 6) is 1.68. The quantitative estimate of drug-likeness (QED) is 0.783. The number of pyridine rings is 1. The van der Waals surface area contributed by atoms with Gasteiger partial charge in [0, 0.05) is 16.6 Å². The van der Waals surface area contributed by atoms with Crippen molar-refractivity contribution >= 4 is 15.9 Å². The topological polar surface area (TPSA) is 31.4 Å². The molecule has 0 radical (unpaired) electrons. The SMILES string of the molecule is COc1ccc(OCc2cccc(C)n2)c(CBr)c1. The van der Waals surface area contributed by atoms with E-state index in [1.54, 1.807) is 7.11 Å². The van der Waals surface area contributed by atoms with Gasteiger partial charge in [0.1, 0.15) is 18.1 Å². The number of benzene rings is 1. The first kappa shape index (κ1) is 13.9. The molecule has 0 saturated heterocycles. The van der Waals surface area contributed by atoms with Gasteiger partial charge in [-0.2, -0.15) is 0 Å². The number of alkyl halides is 1. The van der Waals surface area contributed by atoms with E-state index in [4.69, 9.17) is 9.47 Å². The number of aromatic nitrogens is 1. The minimum absolute atomic E-state index is 0.466. The minimum Gasteiger partial charge on any atom is -0.497 e. The fourth-order valence-electron chi connectivity index (χ4n) is 1.76. The van der Waals surface area contributed by atoms with Crippen molar-refractivity contribution in [3.8, 4) is 11.5 Å². The van der Waals surface area contributed by atoms with Gasteiger partial charge in [-0.1, -0.05) is 22.0 Å². The lowest BCUT2D eigenvalue weighted by atomic mass is 10.2. The molecule has 1 aromatic carbocycles. The van der Waals surface area contributed by atoms with Crippen molar-refractivity contribution in [2.45, 2.75) is 18.9 Å². The van der Waals surface area contributed by atoms with Crippen LogP contribution in [0, 0.1) is 6.92 Å². The molecule has 0 aliphatic carbocycles. The average Bonchev–Trinajstić information content (AvgIpc) is 2.45. The van der Waals surface area contributed by atoms with Crippen molar-refractivity contribution in [3.63, 3.8) is 0 Å². The van der Waals surface area contributed by atoms with Crippen molar-refractivity contribution < 1.29 is 9.47 Å². The summed E-state index contributed by atoms with van der Waals surface area (Å²) in [6.07, 6.45) is 0. The summed E-state index contributed by atoms with van der Waals surface area (Å²) < 4.78 is 11.0. The van der Waals surface area contributed by atoms with Crippen LogP contribution in [0.2, 0.25) is 0 Å². The van der Waals surface area contributed by atoms with E-state index >= 15 is 0 Å². The van der Waals surface area contributed by atoms with Crippen molar-refractivity contribution in [3.05, 3.63) is 53.3 Å². The predicted octanol–water partition coefficient (Wildman–Crippen LogP) is 3.87. The molecule has 0 atom stereocenters. The molecule has 3 nitrogen and oxygen atoms in total. The maximum absolute atomic E-state index is 5.82. The summed E-state index contributed by atoms with van der Waals surface area (Å²) in [4.78, 5) is 4.42. The number of nitrogens with zero attached hydrogens (tertiary/aromatic N) is 1. The summed E-state index contributed by atoms with van der Waals surface area (Å²) >= 11 is 3.46. The lowest BCUT2D eigenvalue weighted by Gasteiger charge is -2.11. The van der Waals surface area contributed by atoms with Crippen LogP contribution in [0.3, 0.4) is 0 Å². The Balaban J connectivity index is 2.11. The molecule has 0 unspecified atom stereocenters. The standard InChI is InChI=1S/C15H16BrNO2/c1-11-4-3-5-13(17-11)10-19-15-7-6-14(18-2)8-12(15)9-16/h3-8H,9-10H2,1-2H3. The smallest absolute Gasteiger partial charge is 0.130 e. The second kappa shape index (κ2) is 6.57. The molecule has 0 aliphatic rings. The van der Waals surface area contributed by atoms with E-state index in [9.17, 15) is 0 Å². The number of hydrogen-bond donors (Lipinski definition) is 0. The zero-order valence-electron chi connectivity index (χ0n) is 11.0. The van der Waals surface area contributed by atoms with E-state index in [1.807, 2.05) is 43.3 Å². The average molecular weight is 322 g/mol. The lowest BCUT2D eigenvalue weighted by Crippen LogP contribution is -2.01. The van der Waals surface area contributed by atoms with Gasteiger partial charge in [-0.3, -0.25) is 4.98 Å². The van der Waals surface area contributed by atoms with E-state index in [-0.39, 0.29) is 0 Å². The monoisotopic (exact) mass is 321 g/mol. The van der Waals surface area contributed by atoms with Gasteiger partial charge >= 0.3 is 0 Å². The van der Waals surface area contributed by atoms with Crippen LogP contribution in [0.1, 0.15) is 17.0 Å². The highest BCUT2D eigenvalue weighted by molar-refractivity contribution is 9.08. The van der Waals surface area contributed by atoms with Crippen LogP contribution in [-0.4, -0.2) is 12.1 Å². The van der Waals surface area contributed by atoms with Gasteiger partial charge in [0.2, 0.25) is 0 Å². The second-order valence-corrected chi connectivity index (χ2v) is 4.73. The minimum atomic E-state index is 0.466. The molecule has 0 N–H and O–H groups in total. The fourth-order valence-corrected chi connectivity index (χ4v) is 2.20. The van der Waals surface area contributed by atoms with Gasteiger partial charge in [0.05, 0.1) is 12.8 Å². The molecule has 19 heavy (non-hydrogen) atoms. The second-order valence-electron chi connectivity index (χ2n) is 4.17. The largest absolute Gasteiger partial charge is 0.497 e. The highest BCUT2D eigenvalue weighted by atomic mass is 79.9. The number of methoxy groups -OCH3 is 1. The number of hydrogen-bond acceptors (Lipinski definition) is 3. The Morgan fingerprint density at radius 1 is 1.21 bits per heavy atom. The van der Waals surface area contributed by atoms with Crippen LogP contribution in [0.15, 0.2) is 36.4 Å². The molecule has 0 saturated carbocycles. The zero-order chi connectivity index (χ0) is 13.7. The molecular formula is C15H16BrNO2. The highest BCUT2D eigenvalue weighted by Crippen LogP contribution is 2.26.